The van der Waals surface area contributed by atoms with Crippen LogP contribution in [0.5, 0.6) is 0 Å². The monoisotopic (exact) mass is 513 g/mol. The standard InChI is InChI=1S/C27H25F2N9/c28-20-5-4-17(9-21(20)29)22-10-18(13-38-16-36-24-25(30)34-15-35-26(24)38)23(12-33-22)37-8-2-6-27(31,14-37)19-3-1-7-32-11-19/h1,3-5,7,9-12,15-16H,2,6,8,13-14,31H2,(H2,30,34,35). The van der Waals surface area contributed by atoms with Crippen LogP contribution in [-0.2, 0) is 12.1 Å². The van der Waals surface area contributed by atoms with Crippen LogP contribution >= 0.6 is 0 Å². The predicted molar refractivity (Wildman–Crippen MR) is 140 cm³/mol. The third-order valence-electron chi connectivity index (χ3n) is 7.05. The Bertz CT molecular complexity index is 1620. The second-order valence-electron chi connectivity index (χ2n) is 9.55. The zero-order valence-electron chi connectivity index (χ0n) is 20.4. The smallest absolute Gasteiger partial charge is 0.165 e. The van der Waals surface area contributed by atoms with E-state index in [9.17, 15) is 8.78 Å². The molecule has 38 heavy (non-hydrogen) atoms. The number of nitrogens with zero attached hydrogens (tertiary/aromatic N) is 7. The van der Waals surface area contributed by atoms with Crippen molar-refractivity contribution in [2.75, 3.05) is 23.7 Å². The minimum Gasteiger partial charge on any atom is -0.382 e. The number of nitrogens with two attached hydrogens (primary N) is 2. The lowest BCUT2D eigenvalue weighted by molar-refractivity contribution is 0.352. The molecule has 0 amide bonds. The highest BCUT2D eigenvalue weighted by atomic mass is 19.2. The Balaban J connectivity index is 1.43. The van der Waals surface area contributed by atoms with Gasteiger partial charge in [-0.3, -0.25) is 9.97 Å². The predicted octanol–water partition coefficient (Wildman–Crippen LogP) is 3.65. The Labute approximate surface area is 217 Å². The van der Waals surface area contributed by atoms with Gasteiger partial charge in [-0.1, -0.05) is 6.07 Å². The summed E-state index contributed by atoms with van der Waals surface area (Å²) < 4.78 is 29.5. The number of pyridine rings is 2. The van der Waals surface area contributed by atoms with Gasteiger partial charge in [0.25, 0.3) is 0 Å². The van der Waals surface area contributed by atoms with Crippen molar-refractivity contribution in [3.8, 4) is 11.3 Å². The van der Waals surface area contributed by atoms with Gasteiger partial charge in [0, 0.05) is 31.0 Å². The van der Waals surface area contributed by atoms with Crippen molar-refractivity contribution in [2.45, 2.75) is 24.9 Å². The van der Waals surface area contributed by atoms with Crippen LogP contribution in [0.1, 0.15) is 24.0 Å². The van der Waals surface area contributed by atoms with Crippen molar-refractivity contribution < 1.29 is 8.78 Å². The van der Waals surface area contributed by atoms with Crippen molar-refractivity contribution >= 4 is 22.7 Å². The van der Waals surface area contributed by atoms with E-state index in [0.29, 0.717) is 41.3 Å². The summed E-state index contributed by atoms with van der Waals surface area (Å²) in [5, 5.41) is 0. The number of imidazole rings is 1. The number of nitrogen functional groups attached to an aromatic ring is 1. The molecule has 0 bridgehead atoms. The minimum absolute atomic E-state index is 0.298. The van der Waals surface area contributed by atoms with Gasteiger partial charge in [-0.2, -0.15) is 0 Å². The van der Waals surface area contributed by atoms with Crippen molar-refractivity contribution in [1.29, 1.82) is 0 Å². The fourth-order valence-corrected chi connectivity index (χ4v) is 5.10. The van der Waals surface area contributed by atoms with Crippen LogP contribution in [0.25, 0.3) is 22.4 Å². The summed E-state index contributed by atoms with van der Waals surface area (Å²) in [6.07, 6.45) is 10.1. The molecule has 192 valence electrons. The molecule has 9 nitrogen and oxygen atoms in total. The van der Waals surface area contributed by atoms with Crippen molar-refractivity contribution in [2.24, 2.45) is 5.73 Å². The number of hydrogen-bond acceptors (Lipinski definition) is 8. The summed E-state index contributed by atoms with van der Waals surface area (Å²) in [5.74, 6) is -1.54. The first-order valence-electron chi connectivity index (χ1n) is 12.2. The lowest BCUT2D eigenvalue weighted by atomic mass is 9.83. The topological polar surface area (TPSA) is 125 Å². The van der Waals surface area contributed by atoms with Crippen molar-refractivity contribution in [1.82, 2.24) is 29.5 Å². The van der Waals surface area contributed by atoms with E-state index in [1.165, 1.54) is 12.4 Å². The molecule has 4 aromatic heterocycles. The lowest BCUT2D eigenvalue weighted by Gasteiger charge is -2.42. The number of rotatable bonds is 5. The molecule has 1 aliphatic heterocycles. The number of hydrogen-bond donors (Lipinski definition) is 2. The normalized spacial score (nSPS) is 17.7. The van der Waals surface area contributed by atoms with Crippen LogP contribution in [0.2, 0.25) is 0 Å². The van der Waals surface area contributed by atoms with Crippen LogP contribution in [0.15, 0.2) is 67.6 Å². The van der Waals surface area contributed by atoms with Gasteiger partial charge in [0.2, 0.25) is 0 Å². The summed E-state index contributed by atoms with van der Waals surface area (Å²) >= 11 is 0. The molecule has 1 fully saturated rings. The molecule has 11 heteroatoms. The molecule has 6 rings (SSSR count). The first kappa shape index (κ1) is 23.9. The van der Waals surface area contributed by atoms with E-state index in [2.05, 4.69) is 29.8 Å². The molecule has 0 saturated carbocycles. The summed E-state index contributed by atoms with van der Waals surface area (Å²) in [6.45, 7) is 1.75. The Kier molecular flexibility index (Phi) is 5.91. The van der Waals surface area contributed by atoms with Crippen molar-refractivity contribution in [3.05, 3.63) is 90.4 Å². The van der Waals surface area contributed by atoms with Gasteiger partial charge in [-0.25, -0.2) is 23.7 Å². The molecule has 1 aliphatic rings. The highest BCUT2D eigenvalue weighted by Gasteiger charge is 2.34. The summed E-state index contributed by atoms with van der Waals surface area (Å²) in [5.41, 5.74) is 17.2. The van der Waals surface area contributed by atoms with Gasteiger partial charge >= 0.3 is 0 Å². The Morgan fingerprint density at radius 3 is 2.71 bits per heavy atom. The number of anilines is 2. The SMILES string of the molecule is Nc1ncnc2c1ncn2Cc1cc(-c2ccc(F)c(F)c2)ncc1N1CCCC(N)(c2cccnc2)C1. The zero-order valence-corrected chi connectivity index (χ0v) is 20.4. The van der Waals surface area contributed by atoms with Gasteiger partial charge in [-0.05, 0) is 54.3 Å². The van der Waals surface area contributed by atoms with E-state index in [1.54, 1.807) is 18.7 Å². The van der Waals surface area contributed by atoms with E-state index < -0.39 is 17.2 Å². The molecular weight excluding hydrogens is 488 g/mol. The minimum atomic E-state index is -0.928. The van der Waals surface area contributed by atoms with E-state index in [-0.39, 0.29) is 0 Å². The maximum Gasteiger partial charge on any atom is 0.165 e. The maximum atomic E-state index is 14.0. The van der Waals surface area contributed by atoms with Gasteiger partial charge in [0.15, 0.2) is 23.1 Å². The summed E-state index contributed by atoms with van der Waals surface area (Å²) in [7, 11) is 0. The van der Waals surface area contributed by atoms with Crippen molar-refractivity contribution in [3.63, 3.8) is 0 Å². The molecule has 1 aromatic carbocycles. The Morgan fingerprint density at radius 1 is 1.00 bits per heavy atom. The van der Waals surface area contributed by atoms with E-state index in [1.807, 2.05) is 29.0 Å². The molecule has 1 unspecified atom stereocenters. The number of piperidine rings is 1. The van der Waals surface area contributed by atoms with Gasteiger partial charge in [-0.15, -0.1) is 0 Å². The molecule has 0 spiro atoms. The summed E-state index contributed by atoms with van der Waals surface area (Å²) in [4.78, 5) is 23.9. The average molecular weight is 514 g/mol. The second-order valence-corrected chi connectivity index (χ2v) is 9.55. The highest BCUT2D eigenvalue weighted by molar-refractivity contribution is 5.81. The largest absolute Gasteiger partial charge is 0.382 e. The average Bonchev–Trinajstić information content (AvgIpc) is 3.35. The first-order valence-corrected chi connectivity index (χ1v) is 12.2. The molecule has 0 radical (unpaired) electrons. The molecular formula is C27H25F2N9. The van der Waals surface area contributed by atoms with E-state index in [4.69, 9.17) is 11.5 Å². The zero-order chi connectivity index (χ0) is 26.3. The van der Waals surface area contributed by atoms with Gasteiger partial charge in [0.05, 0.1) is 36.0 Å². The third kappa shape index (κ3) is 4.30. The lowest BCUT2D eigenvalue weighted by Crippen LogP contribution is -2.52. The highest BCUT2D eigenvalue weighted by Crippen LogP contribution is 2.34. The van der Waals surface area contributed by atoms with Crippen LogP contribution in [-0.4, -0.2) is 42.6 Å². The number of halogens is 2. The molecule has 5 aromatic rings. The molecule has 1 saturated heterocycles. The fourth-order valence-electron chi connectivity index (χ4n) is 5.10. The number of benzene rings is 1. The molecule has 5 heterocycles. The number of fused-ring (bicyclic) bond motifs is 1. The van der Waals surface area contributed by atoms with Crippen LogP contribution in [0.3, 0.4) is 0 Å². The number of aromatic nitrogens is 6. The maximum absolute atomic E-state index is 14.0. The van der Waals surface area contributed by atoms with Crippen LogP contribution in [0, 0.1) is 11.6 Å². The fraction of sp³-hybridized carbons (Fsp3) is 0.222. The van der Waals surface area contributed by atoms with Crippen LogP contribution < -0.4 is 16.4 Å². The summed E-state index contributed by atoms with van der Waals surface area (Å²) in [6, 6.07) is 9.54. The third-order valence-corrected chi connectivity index (χ3v) is 7.05. The molecule has 4 N–H and O–H groups in total. The quantitative estimate of drug-likeness (QED) is 0.365. The second kappa shape index (κ2) is 9.42. The Morgan fingerprint density at radius 2 is 1.89 bits per heavy atom. The van der Waals surface area contributed by atoms with E-state index >= 15 is 0 Å². The van der Waals surface area contributed by atoms with Gasteiger partial charge < -0.3 is 20.9 Å². The molecule has 1 atom stereocenters. The first-order chi connectivity index (χ1) is 18.4. The van der Waals surface area contributed by atoms with E-state index in [0.717, 1.165) is 48.3 Å². The Hall–Kier alpha value is -4.51. The van der Waals surface area contributed by atoms with Crippen LogP contribution in [0.4, 0.5) is 20.3 Å². The molecule has 0 aliphatic carbocycles. The van der Waals surface area contributed by atoms with Gasteiger partial charge in [0.1, 0.15) is 11.8 Å².